The molecule has 0 bridgehead atoms. The van der Waals surface area contributed by atoms with Crippen LogP contribution in [0.3, 0.4) is 0 Å². The molecule has 6 unspecified atom stereocenters. The predicted molar refractivity (Wildman–Crippen MR) is 371 cm³/mol. The summed E-state index contributed by atoms with van der Waals surface area (Å²) in [5.74, 6) is 3.08. The van der Waals surface area contributed by atoms with Gasteiger partial charge in [0, 0.05) is 83.8 Å². The molecular formula is C55H68IN12O27P3S4. The van der Waals surface area contributed by atoms with Gasteiger partial charge in [0.1, 0.15) is 36.7 Å². The number of aliphatic hydroxyl groups is 1. The SMILES string of the molecule is CSS[C@@H](C)OC1C[C@H](N2C=C(C#CCNC(=O)COCCOC(COc3cccc(C(=O)NCCNC(=O)CCCN(C)C(=O)c4ccccc4-c4c5cc/c(=N\I)c(S(=O)(=O)O)c-5oc5c(S(=O)(=O)O)c(N)ccc45)c3)N=[N+]=[N-])C(N)NC2O)O[C@@H]1COP(=O)(O)OP(=O)(O)OP(=O)(O)O. The fourth-order valence-corrected chi connectivity index (χ4v) is 16.5. The van der Waals surface area contributed by atoms with Gasteiger partial charge in [0.25, 0.3) is 32.1 Å². The van der Waals surface area contributed by atoms with Crippen LogP contribution in [0.15, 0.2) is 107 Å². The van der Waals surface area contributed by atoms with Gasteiger partial charge in [-0.3, -0.25) is 38.1 Å². The molecule has 0 aromatic heterocycles. The van der Waals surface area contributed by atoms with E-state index in [0.717, 1.165) is 0 Å². The second kappa shape index (κ2) is 37.0. The van der Waals surface area contributed by atoms with Crippen LogP contribution < -0.4 is 42.8 Å². The lowest BCUT2D eigenvalue weighted by Crippen LogP contribution is -2.58. The van der Waals surface area contributed by atoms with Crippen molar-refractivity contribution in [3.63, 3.8) is 0 Å². The number of carbonyl (C=O) groups excluding carboxylic acids is 4. The van der Waals surface area contributed by atoms with Crippen molar-refractivity contribution in [3.05, 3.63) is 111 Å². The molecule has 3 heterocycles. The monoisotopic (exact) mass is 1680 g/mol. The molecule has 556 valence electrons. The summed E-state index contributed by atoms with van der Waals surface area (Å²) in [6, 6.07) is 17.3. The maximum Gasteiger partial charge on any atom is 0.490 e. The number of aliphatic hydroxyl groups excluding tert-OH is 1. The Balaban J connectivity index is 0.821. The fourth-order valence-electron chi connectivity index (χ4n) is 9.95. The topological polar surface area (TPSA) is 584 Å². The lowest BCUT2D eigenvalue weighted by molar-refractivity contribution is -0.128. The van der Waals surface area contributed by atoms with E-state index in [4.69, 9.17) is 59.4 Å². The first-order valence-corrected chi connectivity index (χ1v) is 40.5. The Labute approximate surface area is 602 Å². The van der Waals surface area contributed by atoms with E-state index in [1.165, 1.54) is 128 Å². The largest absolute Gasteiger partial charge is 0.491 e. The number of carbonyl (C=O) groups is 4. The first kappa shape index (κ1) is 82.9. The summed E-state index contributed by atoms with van der Waals surface area (Å²) in [5, 5.41) is 24.8. The van der Waals surface area contributed by atoms with Crippen LogP contribution in [-0.4, -0.2) is 199 Å². The molecule has 15 N–H and O–H groups in total. The first-order valence-electron chi connectivity index (χ1n) is 29.5. The van der Waals surface area contributed by atoms with Gasteiger partial charge in [-0.1, -0.05) is 62.8 Å². The molecule has 3 aromatic rings. The summed E-state index contributed by atoms with van der Waals surface area (Å²) in [5.41, 5.74) is 20.5. The molecule has 39 nitrogen and oxygen atoms in total. The Kier molecular flexibility index (Phi) is 30.1. The van der Waals surface area contributed by atoms with Crippen LogP contribution in [0.2, 0.25) is 0 Å². The van der Waals surface area contributed by atoms with E-state index in [2.05, 4.69) is 55.0 Å². The summed E-state index contributed by atoms with van der Waals surface area (Å²) in [6.45, 7) is -0.287. The summed E-state index contributed by atoms with van der Waals surface area (Å²) >= 11 is 1.50. The molecule has 47 heteroatoms. The summed E-state index contributed by atoms with van der Waals surface area (Å²) < 4.78 is 158. The van der Waals surface area contributed by atoms with Crippen LogP contribution in [0.1, 0.15) is 46.9 Å². The van der Waals surface area contributed by atoms with Gasteiger partial charge in [0.15, 0.2) is 33.7 Å². The Morgan fingerprint density at radius 1 is 0.941 bits per heavy atom. The van der Waals surface area contributed by atoms with Gasteiger partial charge in [-0.2, -0.15) is 25.5 Å². The molecule has 9 atom stereocenters. The van der Waals surface area contributed by atoms with E-state index in [1.807, 2.05) is 0 Å². The van der Waals surface area contributed by atoms with Crippen LogP contribution in [0.5, 0.6) is 5.75 Å². The van der Waals surface area contributed by atoms with Gasteiger partial charge in [0.2, 0.25) is 11.8 Å². The van der Waals surface area contributed by atoms with Gasteiger partial charge in [0.05, 0.1) is 72.5 Å². The molecule has 4 aliphatic rings. The molecule has 1 saturated heterocycles. The minimum atomic E-state index is -5.81. The number of amides is 4. The molecule has 0 saturated carbocycles. The Bertz CT molecular complexity index is 4490. The molecule has 7 rings (SSSR count). The number of phosphoric ester groups is 1. The number of nitrogens with two attached hydrogens (primary N) is 2. The number of halogens is 1. The lowest BCUT2D eigenvalue weighted by atomic mass is 9.90. The molecule has 0 radical (unpaired) electrons. The van der Waals surface area contributed by atoms with Crippen LogP contribution in [-0.2, 0) is 75.6 Å². The third-order valence-electron chi connectivity index (χ3n) is 14.2. The third-order valence-corrected chi connectivity index (χ3v) is 22.3. The molecule has 102 heavy (non-hydrogen) atoms. The van der Waals surface area contributed by atoms with Crippen LogP contribution in [0.4, 0.5) is 5.69 Å². The number of ether oxygens (including phenoxy) is 5. The summed E-state index contributed by atoms with van der Waals surface area (Å²) in [4.78, 5) is 93.7. The molecule has 3 aromatic carbocycles. The Hall–Kier alpha value is -6.38. The van der Waals surface area contributed by atoms with Crippen molar-refractivity contribution >= 4 is 128 Å². The quantitative estimate of drug-likeness (QED) is 0.00224. The Morgan fingerprint density at radius 2 is 1.67 bits per heavy atom. The van der Waals surface area contributed by atoms with E-state index in [1.54, 1.807) is 25.3 Å². The van der Waals surface area contributed by atoms with Crippen molar-refractivity contribution in [1.29, 1.82) is 0 Å². The van der Waals surface area contributed by atoms with Gasteiger partial charge in [-0.05, 0) is 79.2 Å². The predicted octanol–water partition coefficient (Wildman–Crippen LogP) is 3.65. The van der Waals surface area contributed by atoms with Gasteiger partial charge in [-0.25, -0.2) is 16.9 Å². The molecule has 4 amide bonds. The minimum Gasteiger partial charge on any atom is -0.491 e. The standard InChI is InChI=1S/C55H68IN12O27P3S4/c1-31(100-99-3)91-41-26-46(92-42(41)28-90-97(77,78)95-98(79,80)94-96(74,75)76)68-27-33(52(58)63-55(68)73)10-7-19-60-44(70)29-87-23-24-88-45(65-66-59)30-89-34-11-6-9-32(25-34)53(71)62-21-20-61-43(69)14-8-22-67(2)54(72)36-13-5-4-12-35(36)47-37-15-17-39(57)50(101(81,82)83)48(37)93-49-38(47)16-18-40(64-56)51(49)102(84,85)86/h4-6,9,11-13,15-18,25,27,31,41-42,45-46,52,55,63,73H,8,14,19-24,26,28-30,57-58H2,1-3H3,(H,60,70)(H,61,69)(H,62,71)(H,77,78)(H,79,80)(H2,74,75,76)(H,81,82,83)(H,84,85,86)/b64-40+/t31-,41?,42+,45?,46+,52?,55?/m0/s1. The van der Waals surface area contributed by atoms with Gasteiger partial charge < -0.3 is 90.0 Å². The summed E-state index contributed by atoms with van der Waals surface area (Å²) in [7, 11) is -23.1. The number of hydrogen-bond donors (Lipinski definition) is 13. The normalized spacial score (nSPS) is 19.1. The van der Waals surface area contributed by atoms with Crippen LogP contribution in [0, 0.1) is 11.8 Å². The van der Waals surface area contributed by atoms with Crippen LogP contribution in [0.25, 0.3) is 43.9 Å². The number of nitrogens with one attached hydrogen (secondary N) is 4. The molecule has 0 spiro atoms. The lowest BCUT2D eigenvalue weighted by Gasteiger charge is -2.38. The fraction of sp³-hybridized carbons (Fsp3) is 0.400. The summed E-state index contributed by atoms with van der Waals surface area (Å²) in [6.07, 6.45) is -3.54. The number of rotatable bonds is 35. The van der Waals surface area contributed by atoms with Crippen molar-refractivity contribution in [2.24, 2.45) is 14.1 Å². The molecule has 3 aliphatic heterocycles. The number of nitrogen functional groups attached to an aromatic ring is 1. The van der Waals surface area contributed by atoms with E-state index >= 15 is 0 Å². The zero-order chi connectivity index (χ0) is 74.9. The minimum absolute atomic E-state index is 0.00549. The molecule has 1 aliphatic carbocycles. The second-order valence-corrected chi connectivity index (χ2v) is 31.8. The maximum absolute atomic E-state index is 14.2. The number of benzene rings is 4. The smallest absolute Gasteiger partial charge is 0.490 e. The maximum atomic E-state index is 14.2. The highest BCUT2D eigenvalue weighted by Gasteiger charge is 2.46. The number of hydrogen-bond acceptors (Lipinski definition) is 29. The highest BCUT2D eigenvalue weighted by Crippen LogP contribution is 2.66. The van der Waals surface area contributed by atoms with E-state index < -0.39 is 150 Å². The zero-order valence-corrected chi connectivity index (χ0v) is 61.6. The second-order valence-electron chi connectivity index (χ2n) is 21.5. The number of fused-ring (bicyclic) bond motifs is 2. The highest BCUT2D eigenvalue weighted by molar-refractivity contribution is 14.1. The first-order chi connectivity index (χ1) is 48.0. The zero-order valence-electron chi connectivity index (χ0n) is 53.5. The van der Waals surface area contributed by atoms with Gasteiger partial charge >= 0.3 is 23.5 Å². The average Bonchev–Trinajstić information content (AvgIpc) is 0.804. The Morgan fingerprint density at radius 3 is 2.36 bits per heavy atom. The van der Waals surface area contributed by atoms with E-state index in [0.29, 0.717) is 0 Å². The molecular weight excluding hydrogens is 1610 g/mol. The van der Waals surface area contributed by atoms with Crippen molar-refractivity contribution in [2.45, 2.75) is 78.6 Å². The van der Waals surface area contributed by atoms with Crippen molar-refractivity contribution < 1.29 is 125 Å². The van der Waals surface area contributed by atoms with Crippen LogP contribution >= 0.6 is 67.9 Å². The average molecular weight is 1680 g/mol. The van der Waals surface area contributed by atoms with E-state index in [9.17, 15) is 73.7 Å². The molecule has 1 fully saturated rings. The number of nitrogens with zero attached hydrogens (tertiary/aromatic N) is 6. The number of phosphoric acid groups is 3. The number of azide groups is 1. The van der Waals surface area contributed by atoms with Crippen molar-refractivity contribution in [2.75, 3.05) is 78.3 Å². The number of anilines is 1. The van der Waals surface area contributed by atoms with Crippen molar-refractivity contribution in [1.82, 2.24) is 31.1 Å². The van der Waals surface area contributed by atoms with E-state index in [-0.39, 0.29) is 115 Å². The highest BCUT2D eigenvalue weighted by atomic mass is 127. The third kappa shape index (κ3) is 23.8. The van der Waals surface area contributed by atoms with Gasteiger partial charge in [-0.15, -0.1) is 0 Å². The van der Waals surface area contributed by atoms with Crippen molar-refractivity contribution in [3.8, 4) is 40.0 Å².